The highest BCUT2D eigenvalue weighted by atomic mass is 16.3. The molecule has 250 valence electrons. The van der Waals surface area contributed by atoms with Crippen molar-refractivity contribution in [3.63, 3.8) is 0 Å². The Morgan fingerprint density at radius 3 is 1.96 bits per heavy atom. The van der Waals surface area contributed by atoms with Crippen LogP contribution in [0.3, 0.4) is 0 Å². The van der Waals surface area contributed by atoms with Crippen LogP contribution < -0.4 is 4.90 Å². The van der Waals surface area contributed by atoms with Crippen LogP contribution in [0.25, 0.3) is 55.3 Å². The van der Waals surface area contributed by atoms with Crippen LogP contribution in [0, 0.1) is 0 Å². The summed E-state index contributed by atoms with van der Waals surface area (Å²) in [5.74, 6) is 0. The molecule has 2 nitrogen and oxygen atoms in total. The Balaban J connectivity index is 1.05. The Morgan fingerprint density at radius 1 is 0.415 bits per heavy atom. The van der Waals surface area contributed by atoms with Crippen molar-refractivity contribution >= 4 is 39.0 Å². The van der Waals surface area contributed by atoms with Crippen LogP contribution in [0.2, 0.25) is 0 Å². The van der Waals surface area contributed by atoms with Gasteiger partial charge in [0, 0.05) is 33.1 Å². The van der Waals surface area contributed by atoms with Crippen LogP contribution in [0.15, 0.2) is 192 Å². The van der Waals surface area contributed by atoms with E-state index >= 15 is 0 Å². The van der Waals surface area contributed by atoms with E-state index in [2.05, 4.69) is 181 Å². The number of aryl methyl sites for hydroxylation is 1. The second-order valence-corrected chi connectivity index (χ2v) is 14.4. The van der Waals surface area contributed by atoms with Gasteiger partial charge in [-0.15, -0.1) is 0 Å². The molecule has 1 heterocycles. The summed E-state index contributed by atoms with van der Waals surface area (Å²) < 4.78 is 6.24. The molecule has 2 heteroatoms. The normalized spacial score (nSPS) is 15.5. The SMILES string of the molecule is c1ccc(-c2ccccc2N(c2ccc(-c3ccc4c(c3)C3(CCc5ccccc53)c3ccccc3-4)cc2)c2ccc3oc4ccccc4c3c2)cc1. The van der Waals surface area contributed by atoms with Gasteiger partial charge in [0.15, 0.2) is 0 Å². The molecule has 1 atom stereocenters. The van der Waals surface area contributed by atoms with Gasteiger partial charge in [-0.2, -0.15) is 0 Å². The summed E-state index contributed by atoms with van der Waals surface area (Å²) in [7, 11) is 0. The third-order valence-corrected chi connectivity index (χ3v) is 11.7. The molecule has 0 fully saturated rings. The second-order valence-electron chi connectivity index (χ2n) is 14.4. The molecule has 2 aliphatic rings. The summed E-state index contributed by atoms with van der Waals surface area (Å²) in [6.45, 7) is 0. The first-order valence-electron chi connectivity index (χ1n) is 18.6. The van der Waals surface area contributed by atoms with Gasteiger partial charge in [0.1, 0.15) is 11.2 Å². The van der Waals surface area contributed by atoms with Gasteiger partial charge in [-0.1, -0.05) is 140 Å². The van der Waals surface area contributed by atoms with Gasteiger partial charge in [-0.05, 0) is 111 Å². The Labute approximate surface area is 309 Å². The van der Waals surface area contributed by atoms with Crippen LogP contribution in [0.4, 0.5) is 17.1 Å². The zero-order valence-corrected chi connectivity index (χ0v) is 29.2. The highest BCUT2D eigenvalue weighted by Crippen LogP contribution is 2.58. The molecular weight excluding hydrogens is 643 g/mol. The van der Waals surface area contributed by atoms with Crippen LogP contribution in [0.5, 0.6) is 0 Å². The molecule has 0 bridgehead atoms. The van der Waals surface area contributed by atoms with Gasteiger partial charge in [0.05, 0.1) is 5.69 Å². The number of furan rings is 1. The lowest BCUT2D eigenvalue weighted by molar-refractivity contribution is 0.626. The van der Waals surface area contributed by atoms with Gasteiger partial charge in [0.25, 0.3) is 0 Å². The van der Waals surface area contributed by atoms with E-state index in [1.807, 2.05) is 12.1 Å². The van der Waals surface area contributed by atoms with E-state index in [4.69, 9.17) is 4.42 Å². The molecule has 1 spiro atoms. The molecule has 0 aliphatic heterocycles. The van der Waals surface area contributed by atoms with Gasteiger partial charge in [-0.25, -0.2) is 0 Å². The zero-order chi connectivity index (χ0) is 34.9. The molecule has 53 heavy (non-hydrogen) atoms. The molecule has 2 aliphatic carbocycles. The molecular formula is C51H35NO. The summed E-state index contributed by atoms with van der Waals surface area (Å²) in [4.78, 5) is 2.39. The van der Waals surface area contributed by atoms with Crippen LogP contribution >= 0.6 is 0 Å². The van der Waals surface area contributed by atoms with Crippen LogP contribution in [-0.4, -0.2) is 0 Å². The molecule has 0 amide bonds. The molecule has 0 radical (unpaired) electrons. The number of anilines is 3. The van der Waals surface area contributed by atoms with E-state index in [9.17, 15) is 0 Å². The van der Waals surface area contributed by atoms with E-state index < -0.39 is 0 Å². The summed E-state index contributed by atoms with van der Waals surface area (Å²) >= 11 is 0. The summed E-state index contributed by atoms with van der Waals surface area (Å²) in [6.07, 6.45) is 2.20. The fraction of sp³-hybridized carbons (Fsp3) is 0.0588. The fourth-order valence-electron chi connectivity index (χ4n) is 9.33. The summed E-state index contributed by atoms with van der Waals surface area (Å²) in [5, 5.41) is 2.23. The predicted octanol–water partition coefficient (Wildman–Crippen LogP) is 13.7. The van der Waals surface area contributed by atoms with Gasteiger partial charge in [-0.3, -0.25) is 0 Å². The van der Waals surface area contributed by atoms with E-state index in [1.54, 1.807) is 0 Å². The first-order chi connectivity index (χ1) is 26.3. The topological polar surface area (TPSA) is 16.4 Å². The molecule has 8 aromatic carbocycles. The summed E-state index contributed by atoms with van der Waals surface area (Å²) in [5.41, 5.74) is 18.4. The number of fused-ring (bicyclic) bond motifs is 10. The average Bonchev–Trinajstić information content (AvgIpc) is 3.89. The fourth-order valence-corrected chi connectivity index (χ4v) is 9.33. The number of rotatable bonds is 5. The highest BCUT2D eigenvalue weighted by Gasteiger charge is 2.48. The Kier molecular flexibility index (Phi) is 6.63. The number of hydrogen-bond donors (Lipinski definition) is 0. The third-order valence-electron chi connectivity index (χ3n) is 11.7. The van der Waals surface area contributed by atoms with E-state index in [0.29, 0.717) is 0 Å². The maximum atomic E-state index is 6.24. The minimum absolute atomic E-state index is 0.105. The lowest BCUT2D eigenvalue weighted by atomic mass is 9.73. The maximum Gasteiger partial charge on any atom is 0.135 e. The molecule has 0 N–H and O–H groups in total. The summed E-state index contributed by atoms with van der Waals surface area (Å²) in [6, 6.07) is 68.7. The van der Waals surface area contributed by atoms with Crippen molar-refractivity contribution in [1.29, 1.82) is 0 Å². The minimum Gasteiger partial charge on any atom is -0.456 e. The standard InChI is InChI=1S/C51H35NO/c1-2-12-35(13-3-1)40-15-6-10-20-48(40)52(39-27-29-50-44(33-39)43-17-7-11-21-49(43)53-50)38-25-22-34(23-26-38)37-24-28-42-41-16-5-9-19-46(41)51(47(42)32-37)31-30-36-14-4-8-18-45(36)51/h1-29,32-33H,30-31H2. The first-order valence-corrected chi connectivity index (χ1v) is 18.6. The van der Waals surface area contributed by atoms with Crippen molar-refractivity contribution in [2.24, 2.45) is 0 Å². The molecule has 9 aromatic rings. The number of benzene rings is 8. The number of hydrogen-bond acceptors (Lipinski definition) is 2. The van der Waals surface area contributed by atoms with E-state index in [0.717, 1.165) is 51.8 Å². The first kappa shape index (κ1) is 30.0. The van der Waals surface area contributed by atoms with E-state index in [1.165, 1.54) is 55.6 Å². The van der Waals surface area contributed by atoms with Crippen molar-refractivity contribution in [3.05, 3.63) is 210 Å². The predicted molar refractivity (Wildman–Crippen MR) is 219 cm³/mol. The maximum absolute atomic E-state index is 6.24. The quantitative estimate of drug-likeness (QED) is 0.180. The number of nitrogens with zero attached hydrogens (tertiary/aromatic N) is 1. The minimum atomic E-state index is -0.105. The van der Waals surface area contributed by atoms with Crippen molar-refractivity contribution in [1.82, 2.24) is 0 Å². The Hall–Kier alpha value is -6.64. The monoisotopic (exact) mass is 677 g/mol. The third kappa shape index (κ3) is 4.52. The largest absolute Gasteiger partial charge is 0.456 e. The van der Waals surface area contributed by atoms with Gasteiger partial charge < -0.3 is 9.32 Å². The van der Waals surface area contributed by atoms with Crippen molar-refractivity contribution in [2.45, 2.75) is 18.3 Å². The number of para-hydroxylation sites is 2. The van der Waals surface area contributed by atoms with Gasteiger partial charge >= 0.3 is 0 Å². The molecule has 0 saturated heterocycles. The average molecular weight is 678 g/mol. The van der Waals surface area contributed by atoms with Crippen LogP contribution in [-0.2, 0) is 11.8 Å². The van der Waals surface area contributed by atoms with Crippen molar-refractivity contribution in [2.75, 3.05) is 4.90 Å². The smallest absolute Gasteiger partial charge is 0.135 e. The van der Waals surface area contributed by atoms with E-state index in [-0.39, 0.29) is 5.41 Å². The highest BCUT2D eigenvalue weighted by molar-refractivity contribution is 6.07. The zero-order valence-electron chi connectivity index (χ0n) is 29.2. The molecule has 1 unspecified atom stereocenters. The Morgan fingerprint density at radius 2 is 1.08 bits per heavy atom. The second kappa shape index (κ2) is 11.7. The molecule has 0 saturated carbocycles. The van der Waals surface area contributed by atoms with Crippen molar-refractivity contribution < 1.29 is 4.42 Å². The van der Waals surface area contributed by atoms with Crippen LogP contribution in [0.1, 0.15) is 28.7 Å². The lowest BCUT2D eigenvalue weighted by Gasteiger charge is -2.29. The molecule has 1 aromatic heterocycles. The Bertz CT molecular complexity index is 2850. The molecule has 11 rings (SSSR count). The van der Waals surface area contributed by atoms with Gasteiger partial charge in [0.2, 0.25) is 0 Å². The van der Waals surface area contributed by atoms with Crippen molar-refractivity contribution in [3.8, 4) is 33.4 Å². The lowest BCUT2D eigenvalue weighted by Crippen LogP contribution is -2.23.